The summed E-state index contributed by atoms with van der Waals surface area (Å²) in [6.45, 7) is 1.36. The molecule has 1 aromatic rings. The van der Waals surface area contributed by atoms with E-state index in [0.29, 0.717) is 30.5 Å². The molecule has 7 heteroatoms. The summed E-state index contributed by atoms with van der Waals surface area (Å²) in [4.78, 5) is 14.2. The van der Waals surface area contributed by atoms with Crippen molar-refractivity contribution in [3.8, 4) is 5.75 Å². The SMILES string of the molecule is NC1CCC2CN(C(=O)Cc3cccc(OC(F)(F)F)c3)CC12. The standard InChI is InChI=1S/C16H19F3N2O2/c17-16(18,19)23-12-3-1-2-10(6-12)7-15(22)21-8-11-4-5-14(20)13(11)9-21/h1-3,6,11,13-14H,4-5,7-9,20H2. The number of likely N-dealkylation sites (tertiary alicyclic amines) is 1. The molecule has 23 heavy (non-hydrogen) atoms. The number of hydrogen-bond acceptors (Lipinski definition) is 3. The molecule has 3 rings (SSSR count). The molecule has 1 amide bonds. The zero-order valence-electron chi connectivity index (χ0n) is 12.6. The average Bonchev–Trinajstić information content (AvgIpc) is 3.00. The summed E-state index contributed by atoms with van der Waals surface area (Å²) < 4.78 is 40.6. The number of hydrogen-bond donors (Lipinski definition) is 1. The van der Waals surface area contributed by atoms with Crippen LogP contribution in [-0.2, 0) is 11.2 Å². The van der Waals surface area contributed by atoms with E-state index in [9.17, 15) is 18.0 Å². The maximum absolute atomic E-state index is 12.4. The monoisotopic (exact) mass is 328 g/mol. The molecule has 126 valence electrons. The molecule has 0 spiro atoms. The Balaban J connectivity index is 1.61. The lowest BCUT2D eigenvalue weighted by Crippen LogP contribution is -2.34. The first-order chi connectivity index (χ1) is 10.8. The molecule has 0 bridgehead atoms. The molecule has 1 aromatic carbocycles. The minimum atomic E-state index is -4.73. The van der Waals surface area contributed by atoms with Crippen molar-refractivity contribution in [2.45, 2.75) is 31.7 Å². The summed E-state index contributed by atoms with van der Waals surface area (Å²) in [5.74, 6) is 0.451. The van der Waals surface area contributed by atoms with Crippen molar-refractivity contribution >= 4 is 5.91 Å². The molecule has 0 radical (unpaired) electrons. The van der Waals surface area contributed by atoms with E-state index < -0.39 is 6.36 Å². The van der Waals surface area contributed by atoms with E-state index in [0.717, 1.165) is 12.8 Å². The second-order valence-electron chi connectivity index (χ2n) is 6.34. The molecule has 1 heterocycles. The van der Waals surface area contributed by atoms with Crippen molar-refractivity contribution in [2.75, 3.05) is 13.1 Å². The third-order valence-electron chi connectivity index (χ3n) is 4.75. The van der Waals surface area contributed by atoms with Gasteiger partial charge in [0.05, 0.1) is 6.42 Å². The number of ether oxygens (including phenoxy) is 1. The van der Waals surface area contributed by atoms with E-state index >= 15 is 0 Å². The molecule has 1 saturated heterocycles. The Morgan fingerprint density at radius 1 is 1.30 bits per heavy atom. The lowest BCUT2D eigenvalue weighted by atomic mass is 9.98. The smallest absolute Gasteiger partial charge is 0.406 e. The van der Waals surface area contributed by atoms with Crippen molar-refractivity contribution in [1.82, 2.24) is 4.90 Å². The number of carbonyl (C=O) groups excluding carboxylic acids is 1. The summed E-state index contributed by atoms with van der Waals surface area (Å²) in [5.41, 5.74) is 6.56. The lowest BCUT2D eigenvalue weighted by Gasteiger charge is -2.19. The van der Waals surface area contributed by atoms with Crippen LogP contribution in [0.5, 0.6) is 5.75 Å². The lowest BCUT2D eigenvalue weighted by molar-refractivity contribution is -0.274. The van der Waals surface area contributed by atoms with Crippen LogP contribution in [0.2, 0.25) is 0 Å². The number of nitrogens with two attached hydrogens (primary N) is 1. The molecule has 3 unspecified atom stereocenters. The zero-order valence-corrected chi connectivity index (χ0v) is 12.6. The third-order valence-corrected chi connectivity index (χ3v) is 4.75. The van der Waals surface area contributed by atoms with Crippen LogP contribution in [0.1, 0.15) is 18.4 Å². The molecular weight excluding hydrogens is 309 g/mol. The van der Waals surface area contributed by atoms with Gasteiger partial charge in [-0.05, 0) is 42.4 Å². The van der Waals surface area contributed by atoms with Crippen molar-refractivity contribution in [3.63, 3.8) is 0 Å². The number of nitrogens with zero attached hydrogens (tertiary/aromatic N) is 1. The second-order valence-corrected chi connectivity index (χ2v) is 6.34. The van der Waals surface area contributed by atoms with E-state index in [2.05, 4.69) is 4.74 Å². The summed E-state index contributed by atoms with van der Waals surface area (Å²) >= 11 is 0. The predicted octanol–water partition coefficient (Wildman–Crippen LogP) is 2.32. The summed E-state index contributed by atoms with van der Waals surface area (Å²) in [7, 11) is 0. The van der Waals surface area contributed by atoms with Gasteiger partial charge in [-0.1, -0.05) is 12.1 Å². The van der Waals surface area contributed by atoms with Gasteiger partial charge in [0.25, 0.3) is 0 Å². The van der Waals surface area contributed by atoms with Crippen molar-refractivity contribution in [1.29, 1.82) is 0 Å². The fourth-order valence-electron chi connectivity index (χ4n) is 3.65. The van der Waals surface area contributed by atoms with Crippen LogP contribution in [-0.4, -0.2) is 36.3 Å². The predicted molar refractivity (Wildman–Crippen MR) is 77.6 cm³/mol. The van der Waals surface area contributed by atoms with Crippen LogP contribution in [0.3, 0.4) is 0 Å². The van der Waals surface area contributed by atoms with E-state index in [1.807, 2.05) is 0 Å². The molecule has 4 nitrogen and oxygen atoms in total. The topological polar surface area (TPSA) is 55.6 Å². The second kappa shape index (κ2) is 6.03. The molecule has 1 aliphatic heterocycles. The van der Waals surface area contributed by atoms with Crippen molar-refractivity contribution in [2.24, 2.45) is 17.6 Å². The number of benzene rings is 1. The Hall–Kier alpha value is -1.76. The van der Waals surface area contributed by atoms with Gasteiger partial charge < -0.3 is 15.4 Å². The van der Waals surface area contributed by atoms with Gasteiger partial charge in [0.1, 0.15) is 5.75 Å². The van der Waals surface area contributed by atoms with Crippen LogP contribution >= 0.6 is 0 Å². The molecule has 2 N–H and O–H groups in total. The van der Waals surface area contributed by atoms with Gasteiger partial charge in [-0.15, -0.1) is 13.2 Å². The first-order valence-electron chi connectivity index (χ1n) is 7.70. The Morgan fingerprint density at radius 2 is 2.09 bits per heavy atom. The Labute approximate surface area is 132 Å². The van der Waals surface area contributed by atoms with Crippen molar-refractivity contribution < 1.29 is 22.7 Å². The number of amides is 1. The number of fused-ring (bicyclic) bond motifs is 1. The van der Waals surface area contributed by atoms with Gasteiger partial charge in [-0.25, -0.2) is 0 Å². The largest absolute Gasteiger partial charge is 0.573 e. The molecule has 2 aliphatic rings. The Kier molecular flexibility index (Phi) is 4.23. The first-order valence-corrected chi connectivity index (χ1v) is 7.70. The molecule has 1 saturated carbocycles. The minimum absolute atomic E-state index is 0.0732. The number of rotatable bonds is 3. The minimum Gasteiger partial charge on any atom is -0.406 e. The van der Waals surface area contributed by atoms with Crippen LogP contribution in [0, 0.1) is 11.8 Å². The fraction of sp³-hybridized carbons (Fsp3) is 0.562. The molecule has 1 aliphatic carbocycles. The van der Waals surface area contributed by atoms with Crippen LogP contribution in [0.25, 0.3) is 0 Å². The summed E-state index contributed by atoms with van der Waals surface area (Å²) in [6, 6.07) is 5.72. The highest BCUT2D eigenvalue weighted by Gasteiger charge is 2.42. The Morgan fingerprint density at radius 3 is 2.78 bits per heavy atom. The van der Waals surface area contributed by atoms with Gasteiger partial charge in [-0.3, -0.25) is 4.79 Å². The normalized spacial score (nSPS) is 27.1. The van der Waals surface area contributed by atoms with E-state index in [1.54, 1.807) is 11.0 Å². The molecule has 3 atom stereocenters. The van der Waals surface area contributed by atoms with Gasteiger partial charge in [0.2, 0.25) is 5.91 Å². The number of halogens is 3. The highest BCUT2D eigenvalue weighted by Crippen LogP contribution is 2.37. The van der Waals surface area contributed by atoms with Crippen molar-refractivity contribution in [3.05, 3.63) is 29.8 Å². The number of alkyl halides is 3. The van der Waals surface area contributed by atoms with Gasteiger partial charge in [0, 0.05) is 19.1 Å². The number of carbonyl (C=O) groups is 1. The maximum atomic E-state index is 12.4. The summed E-state index contributed by atoms with van der Waals surface area (Å²) in [6.07, 6.45) is -2.60. The highest BCUT2D eigenvalue weighted by molar-refractivity contribution is 5.79. The van der Waals surface area contributed by atoms with Gasteiger partial charge >= 0.3 is 6.36 Å². The Bertz CT molecular complexity index is 591. The van der Waals surface area contributed by atoms with Gasteiger partial charge in [-0.2, -0.15) is 0 Å². The van der Waals surface area contributed by atoms with Crippen LogP contribution < -0.4 is 10.5 Å². The third kappa shape index (κ3) is 3.77. The molecular formula is C16H19F3N2O2. The zero-order chi connectivity index (χ0) is 16.6. The van der Waals surface area contributed by atoms with E-state index in [-0.39, 0.29) is 24.1 Å². The fourth-order valence-corrected chi connectivity index (χ4v) is 3.65. The average molecular weight is 328 g/mol. The summed E-state index contributed by atoms with van der Waals surface area (Å²) in [5, 5.41) is 0. The maximum Gasteiger partial charge on any atom is 0.573 e. The highest BCUT2D eigenvalue weighted by atomic mass is 19.4. The van der Waals surface area contributed by atoms with E-state index in [4.69, 9.17) is 5.73 Å². The van der Waals surface area contributed by atoms with E-state index in [1.165, 1.54) is 18.2 Å². The van der Waals surface area contributed by atoms with Crippen LogP contribution in [0.15, 0.2) is 24.3 Å². The molecule has 0 aromatic heterocycles. The molecule has 2 fully saturated rings. The van der Waals surface area contributed by atoms with Crippen LogP contribution in [0.4, 0.5) is 13.2 Å². The van der Waals surface area contributed by atoms with Gasteiger partial charge in [0.15, 0.2) is 0 Å². The quantitative estimate of drug-likeness (QED) is 0.926. The first kappa shape index (κ1) is 16.1.